The van der Waals surface area contributed by atoms with E-state index in [1.807, 2.05) is 0 Å². The summed E-state index contributed by atoms with van der Waals surface area (Å²) in [6.45, 7) is 2.33. The number of phosphoric ester groups is 2. The number of ether oxygens (including phenoxy) is 3. The second-order valence-electron chi connectivity index (χ2n) is 21.5. The number of unbranched alkanes of at least 4 members (excludes halogenated alkanes) is 18. The molecule has 0 aliphatic carbocycles. The summed E-state index contributed by atoms with van der Waals surface area (Å²) in [4.78, 5) is 58.3. The van der Waals surface area contributed by atoms with Gasteiger partial charge in [-0.15, -0.1) is 0 Å². The predicted molar refractivity (Wildman–Crippen MR) is 353 cm³/mol. The van der Waals surface area contributed by atoms with Crippen LogP contribution in [0.3, 0.4) is 0 Å². The van der Waals surface area contributed by atoms with Crippen LogP contribution in [0.15, 0.2) is 122 Å². The molecule has 16 nitrogen and oxygen atoms in total. The highest BCUT2D eigenvalue weighted by molar-refractivity contribution is 7.47. The maximum absolute atomic E-state index is 12.9. The van der Waals surface area contributed by atoms with E-state index in [0.717, 1.165) is 161 Å². The van der Waals surface area contributed by atoms with Gasteiger partial charge in [0.25, 0.3) is 0 Å². The molecule has 5 unspecified atom stereocenters. The Hall–Kier alpha value is -4.05. The zero-order chi connectivity index (χ0) is 63.8. The van der Waals surface area contributed by atoms with Crippen molar-refractivity contribution >= 4 is 33.6 Å². The summed E-state index contributed by atoms with van der Waals surface area (Å²) in [6, 6.07) is 0. The van der Waals surface area contributed by atoms with Crippen molar-refractivity contribution in [1.82, 2.24) is 0 Å². The molecular formula is C69H116O16P2. The molecule has 0 rings (SSSR count). The number of hydrogen-bond acceptors (Lipinski definition) is 14. The molecule has 0 radical (unpaired) electrons. The molecule has 0 aromatic rings. The first-order valence-electron chi connectivity index (χ1n) is 32.8. The van der Waals surface area contributed by atoms with Gasteiger partial charge in [0.15, 0.2) is 6.10 Å². The van der Waals surface area contributed by atoms with E-state index in [4.69, 9.17) is 32.3 Å². The highest BCUT2D eigenvalue weighted by atomic mass is 31.2. The Bertz CT molecular complexity index is 2070. The maximum atomic E-state index is 12.9. The standard InChI is InChI=1S/C69H116O16P2/c1-4-7-10-13-16-19-22-25-28-30-31-33-36-37-40-43-46-49-52-55-67(72)79-58-64(70)59-81-86(75,76)82-60-65(71)61-83-87(77,78)84-63-66(85-69(74)57-54-51-48-45-42-39-34-27-24-21-18-15-12-9-6-3)62-80-68(73)56-53-50-47-44-41-38-35-32-29-26-23-20-17-14-11-8-5-2/h7-8,10-11,16-21,25-29,31,33-35,38,64-66,70-71H,4-6,9,12-15,22-24,30,32,36-37,39-63H2,1-3H3,(H,75,76)(H,77,78)/b10-7-,11-8-,19-16-,20-17-,21-18-,28-25-,29-26-,33-31-,34-27-,38-35-. The molecule has 0 fully saturated rings. The van der Waals surface area contributed by atoms with Gasteiger partial charge in [-0.25, -0.2) is 9.13 Å². The zero-order valence-corrected chi connectivity index (χ0v) is 55.4. The van der Waals surface area contributed by atoms with Crippen LogP contribution >= 0.6 is 15.6 Å². The minimum atomic E-state index is -4.94. The Kier molecular flexibility index (Phi) is 59.3. The fraction of sp³-hybridized carbons (Fsp3) is 0.667. The quantitative estimate of drug-likeness (QED) is 0.0146. The first kappa shape index (κ1) is 83.0. The molecule has 498 valence electrons. The summed E-state index contributed by atoms with van der Waals surface area (Å²) < 4.78 is 60.8. The Morgan fingerprint density at radius 1 is 0.333 bits per heavy atom. The molecule has 0 bridgehead atoms. The highest BCUT2D eigenvalue weighted by Gasteiger charge is 2.29. The van der Waals surface area contributed by atoms with Crippen molar-refractivity contribution in [2.45, 2.75) is 257 Å². The molecule has 0 saturated heterocycles. The van der Waals surface area contributed by atoms with Gasteiger partial charge in [0, 0.05) is 19.3 Å². The van der Waals surface area contributed by atoms with E-state index in [-0.39, 0.29) is 19.3 Å². The average molecular weight is 1260 g/mol. The van der Waals surface area contributed by atoms with Gasteiger partial charge in [-0.3, -0.25) is 32.5 Å². The minimum absolute atomic E-state index is 0.0794. The van der Waals surface area contributed by atoms with Crippen molar-refractivity contribution in [2.24, 2.45) is 0 Å². The summed E-state index contributed by atoms with van der Waals surface area (Å²) >= 11 is 0. The molecule has 18 heteroatoms. The highest BCUT2D eigenvalue weighted by Crippen LogP contribution is 2.45. The Balaban J connectivity index is 4.73. The molecule has 0 aromatic carbocycles. The molecule has 87 heavy (non-hydrogen) atoms. The van der Waals surface area contributed by atoms with Crippen molar-refractivity contribution in [3.8, 4) is 0 Å². The number of allylic oxidation sites excluding steroid dienone is 20. The Labute approximate surface area is 525 Å². The van der Waals surface area contributed by atoms with Crippen molar-refractivity contribution in [3.63, 3.8) is 0 Å². The first-order valence-corrected chi connectivity index (χ1v) is 35.8. The lowest BCUT2D eigenvalue weighted by atomic mass is 10.1. The number of carbonyl (C=O) groups excluding carboxylic acids is 3. The van der Waals surface area contributed by atoms with Crippen LogP contribution in [0.2, 0.25) is 0 Å². The molecule has 5 atom stereocenters. The van der Waals surface area contributed by atoms with Gasteiger partial charge in [0.05, 0.1) is 26.4 Å². The zero-order valence-electron chi connectivity index (χ0n) is 53.6. The van der Waals surface area contributed by atoms with Gasteiger partial charge in [0.2, 0.25) is 0 Å². The van der Waals surface area contributed by atoms with Crippen LogP contribution in [0.5, 0.6) is 0 Å². The van der Waals surface area contributed by atoms with E-state index in [0.29, 0.717) is 19.3 Å². The van der Waals surface area contributed by atoms with Crippen molar-refractivity contribution in [1.29, 1.82) is 0 Å². The van der Waals surface area contributed by atoms with Crippen LogP contribution in [-0.2, 0) is 55.8 Å². The van der Waals surface area contributed by atoms with Crippen molar-refractivity contribution in [2.75, 3.05) is 39.6 Å². The third-order valence-corrected chi connectivity index (χ3v) is 15.1. The topological polar surface area (TPSA) is 231 Å². The molecule has 0 saturated carbocycles. The van der Waals surface area contributed by atoms with Crippen molar-refractivity contribution < 1.29 is 75.8 Å². The van der Waals surface area contributed by atoms with Gasteiger partial charge in [-0.2, -0.15) is 0 Å². The van der Waals surface area contributed by atoms with Gasteiger partial charge in [0.1, 0.15) is 25.4 Å². The minimum Gasteiger partial charge on any atom is -0.463 e. The lowest BCUT2D eigenvalue weighted by Crippen LogP contribution is -2.30. The molecule has 0 heterocycles. The molecule has 0 aliphatic heterocycles. The number of phosphoric acid groups is 2. The molecule has 0 aliphatic rings. The van der Waals surface area contributed by atoms with Gasteiger partial charge >= 0.3 is 33.6 Å². The van der Waals surface area contributed by atoms with E-state index >= 15 is 0 Å². The van der Waals surface area contributed by atoms with Gasteiger partial charge in [-0.1, -0.05) is 213 Å². The first-order chi connectivity index (χ1) is 42.2. The number of carbonyl (C=O) groups is 3. The monoisotopic (exact) mass is 1260 g/mol. The fourth-order valence-corrected chi connectivity index (χ4v) is 9.75. The Morgan fingerprint density at radius 3 is 0.966 bits per heavy atom. The Morgan fingerprint density at radius 2 is 0.609 bits per heavy atom. The predicted octanol–water partition coefficient (Wildman–Crippen LogP) is 17.9. The second-order valence-corrected chi connectivity index (χ2v) is 24.4. The molecule has 0 spiro atoms. The van der Waals surface area contributed by atoms with Crippen molar-refractivity contribution in [3.05, 3.63) is 122 Å². The molecule has 0 amide bonds. The van der Waals surface area contributed by atoms with Crippen LogP contribution < -0.4 is 0 Å². The molecular weight excluding hydrogens is 1150 g/mol. The summed E-state index contributed by atoms with van der Waals surface area (Å²) in [5.74, 6) is -1.64. The summed E-state index contributed by atoms with van der Waals surface area (Å²) in [7, 11) is -9.79. The average Bonchev–Trinajstić information content (AvgIpc) is 3.68. The second kappa shape index (κ2) is 62.2. The maximum Gasteiger partial charge on any atom is 0.472 e. The van der Waals surface area contributed by atoms with E-state index in [2.05, 4.69) is 142 Å². The SMILES string of the molecule is CC/C=C\C/C=C\C/C=C\C/C=C\CCCCCCCCC(=O)OCC(O)COP(=O)(O)OCC(O)COP(=O)(O)OCC(COC(=O)CCCCCC/C=C\C/C=C\C/C=C\C/C=C\CC)OC(=O)CCCCCCC/C=C\C/C=C\CCCCC. The largest absolute Gasteiger partial charge is 0.472 e. The lowest BCUT2D eigenvalue weighted by Gasteiger charge is -2.21. The molecule has 0 aromatic heterocycles. The normalized spacial score (nSPS) is 15.1. The summed E-state index contributed by atoms with van der Waals surface area (Å²) in [5.41, 5.74) is 0. The fourth-order valence-electron chi connectivity index (χ4n) is 8.17. The molecule has 4 N–H and O–H groups in total. The number of hydrogen-bond donors (Lipinski definition) is 4. The van der Waals surface area contributed by atoms with E-state index in [1.165, 1.54) is 19.3 Å². The van der Waals surface area contributed by atoms with E-state index in [9.17, 15) is 43.5 Å². The van der Waals surface area contributed by atoms with Gasteiger partial charge in [-0.05, 0) is 128 Å². The lowest BCUT2D eigenvalue weighted by molar-refractivity contribution is -0.161. The third-order valence-electron chi connectivity index (χ3n) is 13.2. The number of aliphatic hydroxyl groups is 2. The van der Waals surface area contributed by atoms with Crippen LogP contribution in [0, 0.1) is 0 Å². The third kappa shape index (κ3) is 63.3. The summed E-state index contributed by atoms with van der Waals surface area (Å²) in [5, 5.41) is 20.5. The van der Waals surface area contributed by atoms with E-state index in [1.54, 1.807) is 0 Å². The van der Waals surface area contributed by atoms with Gasteiger partial charge < -0.3 is 34.2 Å². The van der Waals surface area contributed by atoms with Crippen LogP contribution in [0.4, 0.5) is 0 Å². The van der Waals surface area contributed by atoms with Crippen LogP contribution in [-0.4, -0.2) is 95.9 Å². The van der Waals surface area contributed by atoms with Crippen LogP contribution in [0.25, 0.3) is 0 Å². The number of aliphatic hydroxyl groups excluding tert-OH is 2. The van der Waals surface area contributed by atoms with Crippen LogP contribution in [0.1, 0.15) is 239 Å². The number of rotatable bonds is 61. The number of esters is 3. The smallest absolute Gasteiger partial charge is 0.463 e. The summed E-state index contributed by atoms with van der Waals surface area (Å²) in [6.07, 6.45) is 69.6. The van der Waals surface area contributed by atoms with E-state index < -0.39 is 91.5 Å².